The second-order valence-electron chi connectivity index (χ2n) is 5.54. The molecule has 4 nitrogen and oxygen atoms in total. The standard InChI is InChI=1S/C18H17FN2O2S/c1-11-7-14(12(2)23-11)9-21-18(22)16-10-20-17(24-16)8-13-3-5-15(19)6-4-13/h3-7,10H,8-9H2,1-2H3,(H,21,22). The van der Waals surface area contributed by atoms with Crippen molar-refractivity contribution in [2.24, 2.45) is 0 Å². The Morgan fingerprint density at radius 2 is 2.04 bits per heavy atom. The first-order valence-electron chi connectivity index (χ1n) is 7.54. The molecule has 3 rings (SSSR count). The molecule has 1 amide bonds. The Bertz CT molecular complexity index is 852. The van der Waals surface area contributed by atoms with Gasteiger partial charge in [-0.15, -0.1) is 11.3 Å². The monoisotopic (exact) mass is 344 g/mol. The molecule has 0 saturated carbocycles. The smallest absolute Gasteiger partial charge is 0.263 e. The highest BCUT2D eigenvalue weighted by Gasteiger charge is 2.12. The summed E-state index contributed by atoms with van der Waals surface area (Å²) in [4.78, 5) is 17.1. The van der Waals surface area contributed by atoms with Crippen molar-refractivity contribution in [3.8, 4) is 0 Å². The molecular formula is C18H17FN2O2S. The first-order valence-corrected chi connectivity index (χ1v) is 8.36. The van der Waals surface area contributed by atoms with E-state index in [4.69, 9.17) is 4.42 Å². The molecule has 0 atom stereocenters. The van der Waals surface area contributed by atoms with E-state index in [1.54, 1.807) is 18.3 Å². The molecule has 0 aliphatic rings. The van der Waals surface area contributed by atoms with E-state index in [0.29, 0.717) is 17.8 Å². The number of hydrogen-bond acceptors (Lipinski definition) is 4. The molecular weight excluding hydrogens is 327 g/mol. The fraction of sp³-hybridized carbons (Fsp3) is 0.222. The Hall–Kier alpha value is -2.47. The maximum absolute atomic E-state index is 12.9. The molecule has 0 unspecified atom stereocenters. The average Bonchev–Trinajstić information content (AvgIpc) is 3.13. The van der Waals surface area contributed by atoms with E-state index in [1.807, 2.05) is 19.9 Å². The highest BCUT2D eigenvalue weighted by molar-refractivity contribution is 7.13. The van der Waals surface area contributed by atoms with Crippen molar-refractivity contribution in [2.45, 2.75) is 26.8 Å². The Morgan fingerprint density at radius 1 is 1.29 bits per heavy atom. The topological polar surface area (TPSA) is 55.1 Å². The van der Waals surface area contributed by atoms with E-state index in [-0.39, 0.29) is 11.7 Å². The zero-order valence-electron chi connectivity index (χ0n) is 13.4. The van der Waals surface area contributed by atoms with Gasteiger partial charge >= 0.3 is 0 Å². The van der Waals surface area contributed by atoms with Gasteiger partial charge in [0, 0.05) is 18.5 Å². The van der Waals surface area contributed by atoms with Gasteiger partial charge < -0.3 is 9.73 Å². The Morgan fingerprint density at radius 3 is 2.71 bits per heavy atom. The normalized spacial score (nSPS) is 10.8. The lowest BCUT2D eigenvalue weighted by Gasteiger charge is -2.01. The van der Waals surface area contributed by atoms with Crippen molar-refractivity contribution in [3.05, 3.63) is 74.9 Å². The highest BCUT2D eigenvalue weighted by atomic mass is 32.1. The summed E-state index contributed by atoms with van der Waals surface area (Å²) in [6.07, 6.45) is 2.16. The molecule has 3 aromatic rings. The minimum Gasteiger partial charge on any atom is -0.466 e. The zero-order valence-corrected chi connectivity index (χ0v) is 14.2. The van der Waals surface area contributed by atoms with Gasteiger partial charge in [-0.2, -0.15) is 0 Å². The van der Waals surface area contributed by atoms with E-state index < -0.39 is 0 Å². The van der Waals surface area contributed by atoms with Crippen LogP contribution in [0.25, 0.3) is 0 Å². The van der Waals surface area contributed by atoms with Gasteiger partial charge in [0.2, 0.25) is 0 Å². The summed E-state index contributed by atoms with van der Waals surface area (Å²) in [5, 5.41) is 3.70. The molecule has 1 N–H and O–H groups in total. The number of aryl methyl sites for hydroxylation is 2. The fourth-order valence-electron chi connectivity index (χ4n) is 2.40. The highest BCUT2D eigenvalue weighted by Crippen LogP contribution is 2.18. The van der Waals surface area contributed by atoms with Crippen LogP contribution in [0, 0.1) is 19.7 Å². The first kappa shape index (κ1) is 16.4. The van der Waals surface area contributed by atoms with Crippen LogP contribution in [0.2, 0.25) is 0 Å². The van der Waals surface area contributed by atoms with Gasteiger partial charge in [-0.25, -0.2) is 9.37 Å². The number of carbonyl (C=O) groups is 1. The van der Waals surface area contributed by atoms with Crippen LogP contribution in [0.3, 0.4) is 0 Å². The van der Waals surface area contributed by atoms with Crippen LogP contribution in [0.4, 0.5) is 4.39 Å². The Balaban J connectivity index is 1.61. The molecule has 0 spiro atoms. The first-order chi connectivity index (χ1) is 11.5. The van der Waals surface area contributed by atoms with E-state index >= 15 is 0 Å². The maximum atomic E-state index is 12.9. The third-order valence-electron chi connectivity index (χ3n) is 3.63. The van der Waals surface area contributed by atoms with Crippen LogP contribution in [0.1, 0.15) is 37.3 Å². The number of nitrogens with one attached hydrogen (secondary N) is 1. The van der Waals surface area contributed by atoms with Crippen LogP contribution >= 0.6 is 11.3 Å². The second kappa shape index (κ2) is 6.97. The van der Waals surface area contributed by atoms with Crippen molar-refractivity contribution in [2.75, 3.05) is 0 Å². The number of furan rings is 1. The van der Waals surface area contributed by atoms with Crippen LogP contribution in [0.5, 0.6) is 0 Å². The average molecular weight is 344 g/mol. The number of rotatable bonds is 5. The van der Waals surface area contributed by atoms with E-state index in [2.05, 4.69) is 10.3 Å². The summed E-state index contributed by atoms with van der Waals surface area (Å²) in [5.74, 6) is 1.23. The third kappa shape index (κ3) is 3.89. The van der Waals surface area contributed by atoms with E-state index in [0.717, 1.165) is 27.7 Å². The number of hydrogen-bond donors (Lipinski definition) is 1. The van der Waals surface area contributed by atoms with Crippen molar-refractivity contribution < 1.29 is 13.6 Å². The lowest BCUT2D eigenvalue weighted by molar-refractivity contribution is 0.0954. The summed E-state index contributed by atoms with van der Waals surface area (Å²) in [6, 6.07) is 8.21. The lowest BCUT2D eigenvalue weighted by Crippen LogP contribution is -2.21. The predicted octanol–water partition coefficient (Wildman–Crippen LogP) is 4.01. The number of carbonyl (C=O) groups excluding carboxylic acids is 1. The molecule has 124 valence electrons. The van der Waals surface area contributed by atoms with Crippen molar-refractivity contribution in [1.82, 2.24) is 10.3 Å². The summed E-state index contributed by atoms with van der Waals surface area (Å²) in [7, 11) is 0. The zero-order chi connectivity index (χ0) is 17.1. The van der Waals surface area contributed by atoms with Gasteiger partial charge in [-0.05, 0) is 37.6 Å². The van der Waals surface area contributed by atoms with Gasteiger partial charge in [0.25, 0.3) is 5.91 Å². The molecule has 0 saturated heterocycles. The summed E-state index contributed by atoms with van der Waals surface area (Å²) >= 11 is 1.34. The third-order valence-corrected chi connectivity index (χ3v) is 4.63. The molecule has 6 heteroatoms. The van der Waals surface area contributed by atoms with Crippen LogP contribution in [-0.2, 0) is 13.0 Å². The molecule has 0 radical (unpaired) electrons. The molecule has 0 aliphatic carbocycles. The number of aromatic nitrogens is 1. The minimum absolute atomic E-state index is 0.156. The van der Waals surface area contributed by atoms with Crippen molar-refractivity contribution >= 4 is 17.2 Å². The second-order valence-corrected chi connectivity index (χ2v) is 6.66. The fourth-order valence-corrected chi connectivity index (χ4v) is 3.26. The van der Waals surface area contributed by atoms with E-state index in [9.17, 15) is 9.18 Å². The largest absolute Gasteiger partial charge is 0.466 e. The summed E-state index contributed by atoms with van der Waals surface area (Å²) in [5.41, 5.74) is 1.93. The molecule has 1 aromatic carbocycles. The number of halogens is 1. The van der Waals surface area contributed by atoms with Gasteiger partial charge in [0.1, 0.15) is 22.2 Å². The quantitative estimate of drug-likeness (QED) is 0.761. The number of thiazole rings is 1. The SMILES string of the molecule is Cc1cc(CNC(=O)c2cnc(Cc3ccc(F)cc3)s2)c(C)o1. The lowest BCUT2D eigenvalue weighted by atomic mass is 10.2. The number of amides is 1. The molecule has 0 bridgehead atoms. The number of nitrogens with zero attached hydrogens (tertiary/aromatic N) is 1. The van der Waals surface area contributed by atoms with Crippen LogP contribution < -0.4 is 5.32 Å². The van der Waals surface area contributed by atoms with Crippen molar-refractivity contribution in [1.29, 1.82) is 0 Å². The molecule has 0 fully saturated rings. The van der Waals surface area contributed by atoms with Gasteiger partial charge in [-0.1, -0.05) is 12.1 Å². The van der Waals surface area contributed by atoms with Crippen LogP contribution in [0.15, 0.2) is 40.9 Å². The molecule has 24 heavy (non-hydrogen) atoms. The Labute approximate surface area is 143 Å². The molecule has 2 aromatic heterocycles. The van der Waals surface area contributed by atoms with Gasteiger partial charge in [0.05, 0.1) is 11.2 Å². The van der Waals surface area contributed by atoms with Crippen LogP contribution in [-0.4, -0.2) is 10.9 Å². The Kier molecular flexibility index (Phi) is 4.76. The van der Waals surface area contributed by atoms with E-state index in [1.165, 1.54) is 23.5 Å². The molecule has 0 aliphatic heterocycles. The van der Waals surface area contributed by atoms with Gasteiger partial charge in [0.15, 0.2) is 0 Å². The maximum Gasteiger partial charge on any atom is 0.263 e. The van der Waals surface area contributed by atoms with Gasteiger partial charge in [-0.3, -0.25) is 4.79 Å². The minimum atomic E-state index is -0.261. The van der Waals surface area contributed by atoms with Crippen molar-refractivity contribution in [3.63, 3.8) is 0 Å². The predicted molar refractivity (Wildman–Crippen MR) is 90.7 cm³/mol. The summed E-state index contributed by atoms with van der Waals surface area (Å²) in [6.45, 7) is 4.18. The summed E-state index contributed by atoms with van der Waals surface area (Å²) < 4.78 is 18.4. The number of benzene rings is 1. The molecule has 2 heterocycles.